The maximum Gasteiger partial charge on any atom is 0.247 e. The van der Waals surface area contributed by atoms with E-state index in [1.807, 2.05) is 37.3 Å². The molecule has 118 valence electrons. The summed E-state index contributed by atoms with van der Waals surface area (Å²) in [5, 5.41) is 3.45. The van der Waals surface area contributed by atoms with Crippen LogP contribution >= 0.6 is 11.6 Å². The number of aryl methyl sites for hydroxylation is 1. The normalized spacial score (nSPS) is 16.1. The third-order valence-corrected chi connectivity index (χ3v) is 4.46. The predicted molar refractivity (Wildman–Crippen MR) is 91.9 cm³/mol. The molecule has 1 aliphatic heterocycles. The Morgan fingerprint density at radius 1 is 1.22 bits per heavy atom. The summed E-state index contributed by atoms with van der Waals surface area (Å²) in [7, 11) is 0. The first-order valence-electron chi connectivity index (χ1n) is 7.42. The molecule has 23 heavy (non-hydrogen) atoms. The van der Waals surface area contributed by atoms with Crippen LogP contribution in [-0.4, -0.2) is 17.9 Å². The fourth-order valence-corrected chi connectivity index (χ4v) is 3.06. The number of nitrogens with zero attached hydrogens (tertiary/aromatic N) is 1. The van der Waals surface area contributed by atoms with Gasteiger partial charge in [-0.05, 0) is 36.2 Å². The van der Waals surface area contributed by atoms with Gasteiger partial charge in [0, 0.05) is 29.7 Å². The summed E-state index contributed by atoms with van der Waals surface area (Å²) in [5.74, 6) is -0.353. The van der Waals surface area contributed by atoms with Crippen molar-refractivity contribution in [2.75, 3.05) is 10.2 Å². The van der Waals surface area contributed by atoms with E-state index in [0.717, 1.165) is 16.8 Å². The quantitative estimate of drug-likeness (QED) is 0.916. The standard InChI is InChI=1S/C18H17ClN2O2/c1-11-7-8-14(10-15(11)19)20-18(23)17-9-13-5-3-4-6-16(13)21(17)12(2)22/h3-8,10,17H,9H2,1-2H3,(H,20,23)/t17-/m1/s1. The molecule has 0 saturated heterocycles. The van der Waals surface area contributed by atoms with Crippen molar-refractivity contribution in [2.24, 2.45) is 0 Å². The Hall–Kier alpha value is -2.33. The number of hydrogen-bond acceptors (Lipinski definition) is 2. The molecule has 2 amide bonds. The molecule has 1 atom stereocenters. The number of para-hydroxylation sites is 1. The van der Waals surface area contributed by atoms with Crippen molar-refractivity contribution in [3.05, 3.63) is 58.6 Å². The molecular weight excluding hydrogens is 312 g/mol. The number of anilines is 2. The second-order valence-electron chi connectivity index (χ2n) is 5.69. The van der Waals surface area contributed by atoms with E-state index in [2.05, 4.69) is 5.32 Å². The Bertz CT molecular complexity index is 788. The number of carbonyl (C=O) groups excluding carboxylic acids is 2. The van der Waals surface area contributed by atoms with Gasteiger partial charge in [0.2, 0.25) is 11.8 Å². The molecule has 0 bridgehead atoms. The van der Waals surface area contributed by atoms with Crippen LogP contribution < -0.4 is 10.2 Å². The number of fused-ring (bicyclic) bond motifs is 1. The van der Waals surface area contributed by atoms with Gasteiger partial charge in [-0.15, -0.1) is 0 Å². The Kier molecular flexibility index (Phi) is 4.09. The first-order chi connectivity index (χ1) is 11.0. The summed E-state index contributed by atoms with van der Waals surface area (Å²) in [6, 6.07) is 12.4. The van der Waals surface area contributed by atoms with E-state index in [-0.39, 0.29) is 11.8 Å². The highest BCUT2D eigenvalue weighted by Gasteiger charge is 2.36. The van der Waals surface area contributed by atoms with Crippen molar-refractivity contribution in [1.29, 1.82) is 0 Å². The molecule has 1 N–H and O–H groups in total. The zero-order valence-electron chi connectivity index (χ0n) is 13.0. The van der Waals surface area contributed by atoms with E-state index in [4.69, 9.17) is 11.6 Å². The SMILES string of the molecule is CC(=O)N1c2ccccc2C[C@@H]1C(=O)Nc1ccc(C)c(Cl)c1. The van der Waals surface area contributed by atoms with Gasteiger partial charge in [-0.3, -0.25) is 14.5 Å². The summed E-state index contributed by atoms with van der Waals surface area (Å²) in [6.07, 6.45) is 0.515. The Morgan fingerprint density at radius 3 is 2.65 bits per heavy atom. The van der Waals surface area contributed by atoms with E-state index in [0.29, 0.717) is 17.1 Å². The third-order valence-electron chi connectivity index (χ3n) is 4.06. The highest BCUT2D eigenvalue weighted by Crippen LogP contribution is 2.32. The van der Waals surface area contributed by atoms with Crippen molar-refractivity contribution in [2.45, 2.75) is 26.3 Å². The minimum Gasteiger partial charge on any atom is -0.324 e. The molecular formula is C18H17ClN2O2. The number of rotatable bonds is 2. The Morgan fingerprint density at radius 2 is 1.96 bits per heavy atom. The van der Waals surface area contributed by atoms with Gasteiger partial charge < -0.3 is 5.32 Å². The lowest BCUT2D eigenvalue weighted by molar-refractivity contribution is -0.122. The number of nitrogens with one attached hydrogen (secondary N) is 1. The van der Waals surface area contributed by atoms with Gasteiger partial charge >= 0.3 is 0 Å². The molecule has 4 nitrogen and oxygen atoms in total. The molecule has 0 aliphatic carbocycles. The third kappa shape index (κ3) is 2.94. The van der Waals surface area contributed by atoms with Crippen LogP contribution in [0, 0.1) is 6.92 Å². The van der Waals surface area contributed by atoms with E-state index in [1.54, 1.807) is 17.0 Å². The molecule has 3 rings (SSSR count). The second-order valence-corrected chi connectivity index (χ2v) is 6.10. The zero-order valence-corrected chi connectivity index (χ0v) is 13.7. The van der Waals surface area contributed by atoms with Crippen LogP contribution in [0.2, 0.25) is 5.02 Å². The number of amides is 2. The van der Waals surface area contributed by atoms with Crippen LogP contribution in [0.5, 0.6) is 0 Å². The summed E-state index contributed by atoms with van der Waals surface area (Å²) in [5.41, 5.74) is 3.39. The molecule has 0 saturated carbocycles. The zero-order chi connectivity index (χ0) is 16.6. The van der Waals surface area contributed by atoms with Crippen molar-refractivity contribution < 1.29 is 9.59 Å². The predicted octanol–water partition coefficient (Wildman–Crippen LogP) is 3.56. The van der Waals surface area contributed by atoms with Gasteiger partial charge in [0.05, 0.1) is 0 Å². The van der Waals surface area contributed by atoms with Gasteiger partial charge in [0.1, 0.15) is 6.04 Å². The van der Waals surface area contributed by atoms with Crippen LogP contribution in [0.15, 0.2) is 42.5 Å². The van der Waals surface area contributed by atoms with Gasteiger partial charge in [-0.2, -0.15) is 0 Å². The van der Waals surface area contributed by atoms with Crippen LogP contribution in [0.4, 0.5) is 11.4 Å². The monoisotopic (exact) mass is 328 g/mol. The van der Waals surface area contributed by atoms with E-state index in [1.165, 1.54) is 6.92 Å². The number of halogens is 1. The van der Waals surface area contributed by atoms with E-state index >= 15 is 0 Å². The molecule has 0 spiro atoms. The first kappa shape index (κ1) is 15.6. The molecule has 2 aromatic carbocycles. The second kappa shape index (κ2) is 6.05. The molecule has 2 aromatic rings. The molecule has 0 radical (unpaired) electrons. The summed E-state index contributed by atoms with van der Waals surface area (Å²) >= 11 is 6.09. The number of benzene rings is 2. The summed E-state index contributed by atoms with van der Waals surface area (Å²) in [6.45, 7) is 3.38. The van der Waals surface area contributed by atoms with Crippen molar-refractivity contribution in [3.8, 4) is 0 Å². The van der Waals surface area contributed by atoms with Crippen LogP contribution in [0.25, 0.3) is 0 Å². The largest absolute Gasteiger partial charge is 0.324 e. The molecule has 1 aliphatic rings. The molecule has 5 heteroatoms. The minimum absolute atomic E-state index is 0.142. The highest BCUT2D eigenvalue weighted by molar-refractivity contribution is 6.31. The molecule has 0 fully saturated rings. The van der Waals surface area contributed by atoms with Crippen molar-refractivity contribution >= 4 is 34.8 Å². The first-order valence-corrected chi connectivity index (χ1v) is 7.80. The molecule has 0 aromatic heterocycles. The fraction of sp³-hybridized carbons (Fsp3) is 0.222. The maximum absolute atomic E-state index is 12.6. The minimum atomic E-state index is -0.537. The molecule has 1 heterocycles. The average molecular weight is 329 g/mol. The number of hydrogen-bond donors (Lipinski definition) is 1. The average Bonchev–Trinajstić information content (AvgIpc) is 2.90. The van der Waals surface area contributed by atoms with Crippen molar-refractivity contribution in [3.63, 3.8) is 0 Å². The van der Waals surface area contributed by atoms with Crippen LogP contribution in [0.3, 0.4) is 0 Å². The van der Waals surface area contributed by atoms with Gasteiger partial charge in [-0.25, -0.2) is 0 Å². The highest BCUT2D eigenvalue weighted by atomic mass is 35.5. The van der Waals surface area contributed by atoms with Gasteiger partial charge in [0.15, 0.2) is 0 Å². The lowest BCUT2D eigenvalue weighted by Gasteiger charge is -2.23. The smallest absolute Gasteiger partial charge is 0.247 e. The van der Waals surface area contributed by atoms with Crippen molar-refractivity contribution in [1.82, 2.24) is 0 Å². The number of carbonyl (C=O) groups is 2. The maximum atomic E-state index is 12.6. The Balaban J connectivity index is 1.85. The Labute approximate surface area is 140 Å². The van der Waals surface area contributed by atoms with E-state index < -0.39 is 6.04 Å². The van der Waals surface area contributed by atoms with E-state index in [9.17, 15) is 9.59 Å². The lowest BCUT2D eigenvalue weighted by atomic mass is 10.1. The summed E-state index contributed by atoms with van der Waals surface area (Å²) < 4.78 is 0. The fourth-order valence-electron chi connectivity index (χ4n) is 2.88. The lowest BCUT2D eigenvalue weighted by Crippen LogP contribution is -2.44. The molecule has 0 unspecified atom stereocenters. The topological polar surface area (TPSA) is 49.4 Å². The van der Waals surface area contributed by atoms with Gasteiger partial charge in [-0.1, -0.05) is 35.9 Å². The summed E-state index contributed by atoms with van der Waals surface area (Å²) in [4.78, 5) is 26.2. The van der Waals surface area contributed by atoms with Crippen LogP contribution in [0.1, 0.15) is 18.1 Å². The van der Waals surface area contributed by atoms with Gasteiger partial charge in [0.25, 0.3) is 0 Å². The van der Waals surface area contributed by atoms with Crippen LogP contribution in [-0.2, 0) is 16.0 Å².